The van der Waals surface area contributed by atoms with Crippen molar-refractivity contribution in [3.05, 3.63) is 58.9 Å². The molecule has 0 fully saturated rings. The molecule has 1 amide bonds. The van der Waals surface area contributed by atoms with Gasteiger partial charge in [0.25, 0.3) is 12.4 Å². The molecule has 1 heterocycles. The lowest BCUT2D eigenvalue weighted by Gasteiger charge is -2.34. The maximum Gasteiger partial charge on any atom is 0.293 e. The zero-order valence-electron chi connectivity index (χ0n) is 19.1. The molecule has 1 aliphatic carbocycles. The summed E-state index contributed by atoms with van der Waals surface area (Å²) in [5.74, 6) is 7.52. The van der Waals surface area contributed by atoms with E-state index < -0.39 is 11.9 Å². The molecule has 0 saturated heterocycles. The van der Waals surface area contributed by atoms with Gasteiger partial charge < -0.3 is 30.0 Å². The van der Waals surface area contributed by atoms with E-state index in [0.717, 1.165) is 28.9 Å². The van der Waals surface area contributed by atoms with Crippen molar-refractivity contribution >= 4 is 18.1 Å². The van der Waals surface area contributed by atoms with Crippen LogP contribution in [0.15, 0.2) is 42.2 Å². The monoisotopic (exact) mass is 468 g/mol. The predicted molar refractivity (Wildman–Crippen MR) is 124 cm³/mol. The number of hydrogen-bond donors (Lipinski definition) is 3. The van der Waals surface area contributed by atoms with Crippen molar-refractivity contribution in [1.82, 2.24) is 5.32 Å². The van der Waals surface area contributed by atoms with Crippen LogP contribution < -0.4 is 36.1 Å². The highest BCUT2D eigenvalue weighted by molar-refractivity contribution is 5.93. The number of methoxy groups -OCH3 is 1. The van der Waals surface area contributed by atoms with Crippen LogP contribution >= 0.6 is 0 Å². The van der Waals surface area contributed by atoms with E-state index in [0.29, 0.717) is 30.1 Å². The van der Waals surface area contributed by atoms with E-state index in [2.05, 4.69) is 5.32 Å². The number of nitrogens with zero attached hydrogens (tertiary/aromatic N) is 1. The van der Waals surface area contributed by atoms with Gasteiger partial charge in [0.2, 0.25) is 6.79 Å². The second-order valence-electron chi connectivity index (χ2n) is 8.23. The van der Waals surface area contributed by atoms with Crippen LogP contribution in [0.3, 0.4) is 0 Å². The molecule has 2 aliphatic rings. The number of carbonyl (C=O) groups excluding carboxylic acids is 2. The molecule has 10 nitrogen and oxygen atoms in total. The van der Waals surface area contributed by atoms with Crippen molar-refractivity contribution in [2.75, 3.05) is 25.5 Å². The van der Waals surface area contributed by atoms with E-state index in [9.17, 15) is 9.59 Å². The lowest BCUT2D eigenvalue weighted by molar-refractivity contribution is -0.130. The summed E-state index contributed by atoms with van der Waals surface area (Å²) in [6, 6.07) is 8.74. The summed E-state index contributed by atoms with van der Waals surface area (Å²) in [7, 11) is 1.59. The number of rotatable bonds is 8. The summed E-state index contributed by atoms with van der Waals surface area (Å²) in [5.41, 5.74) is 9.47. The quantitative estimate of drug-likeness (QED) is 0.229. The van der Waals surface area contributed by atoms with Crippen molar-refractivity contribution in [2.45, 2.75) is 25.8 Å². The number of benzene rings is 2. The summed E-state index contributed by atoms with van der Waals surface area (Å²) >= 11 is 0. The maximum atomic E-state index is 13.0. The highest BCUT2D eigenvalue weighted by atomic mass is 16.7. The van der Waals surface area contributed by atoms with Crippen LogP contribution in [0.1, 0.15) is 29.2 Å². The third kappa shape index (κ3) is 4.72. The number of nitrogens with two attached hydrogens (primary N) is 2. The molecule has 1 aliphatic heterocycles. The van der Waals surface area contributed by atoms with Gasteiger partial charge in [-0.15, -0.1) is 0 Å². The number of ether oxygens (including phenoxy) is 4. The Balaban J connectivity index is 1.55. The lowest BCUT2D eigenvalue weighted by Crippen LogP contribution is -2.41. The maximum absolute atomic E-state index is 13.0. The van der Waals surface area contributed by atoms with Crippen molar-refractivity contribution in [1.29, 1.82) is 0 Å². The molecule has 0 bridgehead atoms. The molecule has 180 valence electrons. The summed E-state index contributed by atoms with van der Waals surface area (Å²) in [5, 5.41) is 4.26. The Morgan fingerprint density at radius 1 is 1.26 bits per heavy atom. The Kier molecular flexibility index (Phi) is 6.78. The summed E-state index contributed by atoms with van der Waals surface area (Å²) in [6.07, 6.45) is 2.82. The average Bonchev–Trinajstić information content (AvgIpc) is 3.29. The number of aryl methyl sites for hydroxylation is 2. The fourth-order valence-corrected chi connectivity index (χ4v) is 4.34. The smallest absolute Gasteiger partial charge is 0.293 e. The van der Waals surface area contributed by atoms with Crippen LogP contribution in [0.2, 0.25) is 0 Å². The lowest BCUT2D eigenvalue weighted by atomic mass is 9.79. The van der Waals surface area contributed by atoms with E-state index in [1.165, 1.54) is 11.2 Å². The molecule has 0 aromatic heterocycles. The Hall–Kier alpha value is -3.92. The van der Waals surface area contributed by atoms with Gasteiger partial charge >= 0.3 is 0 Å². The second-order valence-corrected chi connectivity index (χ2v) is 8.23. The molecule has 2 aromatic carbocycles. The average molecular weight is 469 g/mol. The molecule has 0 saturated carbocycles. The first-order valence-corrected chi connectivity index (χ1v) is 10.9. The zero-order valence-corrected chi connectivity index (χ0v) is 19.1. The van der Waals surface area contributed by atoms with Crippen LogP contribution in [-0.4, -0.2) is 32.9 Å². The van der Waals surface area contributed by atoms with Gasteiger partial charge in [0.15, 0.2) is 11.5 Å². The Labute approximate surface area is 197 Å². The summed E-state index contributed by atoms with van der Waals surface area (Å²) in [4.78, 5) is 23.8. The highest BCUT2D eigenvalue weighted by Crippen LogP contribution is 2.42. The first-order valence-electron chi connectivity index (χ1n) is 10.9. The minimum atomic E-state index is -0.493. The number of hydrazine groups is 1. The molecule has 0 radical (unpaired) electrons. The summed E-state index contributed by atoms with van der Waals surface area (Å²) < 4.78 is 21.3. The number of hydrogen-bond acceptors (Lipinski definition) is 9. The molecule has 2 aromatic rings. The van der Waals surface area contributed by atoms with Gasteiger partial charge in [-0.25, -0.2) is 5.84 Å². The van der Waals surface area contributed by atoms with Gasteiger partial charge in [-0.3, -0.25) is 14.6 Å². The van der Waals surface area contributed by atoms with Crippen LogP contribution in [0.4, 0.5) is 5.69 Å². The molecule has 34 heavy (non-hydrogen) atoms. The van der Waals surface area contributed by atoms with Crippen molar-refractivity contribution in [3.63, 3.8) is 0 Å². The van der Waals surface area contributed by atoms with E-state index >= 15 is 0 Å². The predicted octanol–water partition coefficient (Wildman–Crippen LogP) is 1.81. The summed E-state index contributed by atoms with van der Waals surface area (Å²) in [6.45, 7) is 2.62. The zero-order chi connectivity index (χ0) is 24.2. The van der Waals surface area contributed by atoms with Gasteiger partial charge in [-0.1, -0.05) is 0 Å². The van der Waals surface area contributed by atoms with Crippen molar-refractivity contribution in [3.8, 4) is 17.2 Å². The van der Waals surface area contributed by atoms with E-state index in [1.54, 1.807) is 19.2 Å². The molecule has 4 rings (SSSR count). The van der Waals surface area contributed by atoms with Crippen molar-refractivity contribution in [2.24, 2.45) is 17.5 Å². The van der Waals surface area contributed by atoms with Gasteiger partial charge in [0.05, 0.1) is 25.4 Å². The van der Waals surface area contributed by atoms with Crippen LogP contribution in [0, 0.1) is 12.8 Å². The van der Waals surface area contributed by atoms with E-state index in [-0.39, 0.29) is 25.0 Å². The molecular weight excluding hydrogens is 440 g/mol. The van der Waals surface area contributed by atoms with Gasteiger partial charge in [-0.05, 0) is 66.8 Å². The molecule has 5 N–H and O–H groups in total. The molecule has 10 heteroatoms. The second kappa shape index (κ2) is 9.92. The van der Waals surface area contributed by atoms with Crippen molar-refractivity contribution < 1.29 is 28.5 Å². The third-order valence-corrected chi connectivity index (χ3v) is 6.11. The SMILES string of the molecule is COc1ccc(N(N)/C=C(\N)C(=O)NC2c3cc4c(cc3CCC2COC=O)OCO4)cc1C. The van der Waals surface area contributed by atoms with Gasteiger partial charge in [0, 0.05) is 12.1 Å². The number of fused-ring (bicyclic) bond motifs is 2. The molecule has 0 spiro atoms. The number of carbonyl (C=O) groups is 2. The number of anilines is 1. The Morgan fingerprint density at radius 3 is 2.74 bits per heavy atom. The highest BCUT2D eigenvalue weighted by Gasteiger charge is 2.34. The number of amides is 1. The largest absolute Gasteiger partial charge is 0.496 e. The first-order chi connectivity index (χ1) is 16.4. The van der Waals surface area contributed by atoms with E-state index in [4.69, 9.17) is 30.5 Å². The first kappa shape index (κ1) is 23.2. The Bertz CT molecular complexity index is 1120. The van der Waals surface area contributed by atoms with Gasteiger partial charge in [-0.2, -0.15) is 0 Å². The third-order valence-electron chi connectivity index (χ3n) is 6.11. The van der Waals surface area contributed by atoms with Crippen LogP contribution in [-0.2, 0) is 20.7 Å². The molecular formula is C24H28N4O6. The fourth-order valence-electron chi connectivity index (χ4n) is 4.34. The minimum absolute atomic E-state index is 0.0705. The number of nitrogens with one attached hydrogen (secondary N) is 1. The normalized spacial score (nSPS) is 18.6. The van der Waals surface area contributed by atoms with Crippen LogP contribution in [0.5, 0.6) is 17.2 Å². The van der Waals surface area contributed by atoms with Crippen LogP contribution in [0.25, 0.3) is 0 Å². The fraction of sp³-hybridized carbons (Fsp3) is 0.333. The standard InChI is InChI=1S/C24H28N4O6/c1-14-7-17(5-6-20(14)31-2)28(26)10-19(25)24(30)27-23-16(11-32-12-29)4-3-15-8-21-22(9-18(15)23)34-13-33-21/h5-10,12,16,23H,3-4,11,13,25-26H2,1-2H3,(H,27,30)/b19-10-. The molecule has 2 atom stereocenters. The minimum Gasteiger partial charge on any atom is -0.496 e. The Morgan fingerprint density at radius 2 is 2.03 bits per heavy atom. The van der Waals surface area contributed by atoms with E-state index in [1.807, 2.05) is 25.1 Å². The molecule has 2 unspecified atom stereocenters. The topological polar surface area (TPSA) is 138 Å². The van der Waals surface area contributed by atoms with Gasteiger partial charge in [0.1, 0.15) is 11.4 Å².